The maximum Gasteiger partial charge on any atom is 0.342 e. The van der Waals surface area contributed by atoms with Gasteiger partial charge in [0.05, 0.1) is 7.11 Å². The molecule has 2 unspecified atom stereocenters. The van der Waals surface area contributed by atoms with Crippen LogP contribution in [0, 0.1) is 5.92 Å². The molecule has 28 heavy (non-hydrogen) atoms. The lowest BCUT2D eigenvalue weighted by Gasteiger charge is -2.45. The fourth-order valence-corrected chi connectivity index (χ4v) is 4.22. The fourth-order valence-electron chi connectivity index (χ4n) is 4.22. The number of phenolic OH excluding ortho intramolecular Hbond substituents is 1. The number of rotatable bonds is 6. The smallest absolute Gasteiger partial charge is 0.342 e. The highest BCUT2D eigenvalue weighted by Crippen LogP contribution is 2.46. The molecular formula is C23H29NO4. The zero-order valence-corrected chi connectivity index (χ0v) is 16.9. The van der Waals surface area contributed by atoms with Crippen LogP contribution in [0.1, 0.15) is 41.6 Å². The first-order chi connectivity index (χ1) is 13.5. The molecule has 1 N–H and O–H groups in total. The van der Waals surface area contributed by atoms with E-state index in [9.17, 15) is 9.90 Å². The molecule has 1 fully saturated rings. The largest absolute Gasteiger partial charge is 0.507 e. The van der Waals surface area contributed by atoms with Gasteiger partial charge in [0, 0.05) is 12.5 Å². The van der Waals surface area contributed by atoms with Crippen LogP contribution in [-0.4, -0.2) is 43.7 Å². The molecule has 0 aromatic heterocycles. The molecule has 150 valence electrons. The van der Waals surface area contributed by atoms with Crippen molar-refractivity contribution < 1.29 is 19.4 Å². The molecule has 5 heteroatoms. The van der Waals surface area contributed by atoms with Crippen LogP contribution in [0.2, 0.25) is 0 Å². The van der Waals surface area contributed by atoms with Crippen molar-refractivity contribution in [3.8, 4) is 11.5 Å². The van der Waals surface area contributed by atoms with Crippen molar-refractivity contribution in [2.75, 3.05) is 27.7 Å². The number of benzene rings is 2. The number of phenols is 1. The van der Waals surface area contributed by atoms with Crippen LogP contribution in [0.4, 0.5) is 0 Å². The number of hydrogen-bond acceptors (Lipinski definition) is 5. The van der Waals surface area contributed by atoms with Gasteiger partial charge in [-0.25, -0.2) is 4.79 Å². The van der Waals surface area contributed by atoms with Crippen LogP contribution in [-0.2, 0) is 10.3 Å². The summed E-state index contributed by atoms with van der Waals surface area (Å²) in [7, 11) is 5.71. The summed E-state index contributed by atoms with van der Waals surface area (Å²) in [6, 6.07) is 14.3. The Morgan fingerprint density at radius 3 is 2.68 bits per heavy atom. The van der Waals surface area contributed by atoms with E-state index in [1.807, 2.05) is 38.4 Å². The third kappa shape index (κ3) is 4.14. The molecular weight excluding hydrogens is 354 g/mol. The van der Waals surface area contributed by atoms with Gasteiger partial charge in [-0.2, -0.15) is 0 Å². The van der Waals surface area contributed by atoms with Gasteiger partial charge in [0.2, 0.25) is 0 Å². The average Bonchev–Trinajstić information content (AvgIpc) is 2.69. The molecule has 1 aliphatic carbocycles. The number of hydrogen-bond donors (Lipinski definition) is 1. The highest BCUT2D eigenvalue weighted by molar-refractivity contribution is 5.92. The fraction of sp³-hybridized carbons (Fsp3) is 0.435. The molecule has 1 saturated carbocycles. The van der Waals surface area contributed by atoms with Crippen molar-refractivity contribution in [2.24, 2.45) is 5.92 Å². The second-order valence-corrected chi connectivity index (χ2v) is 7.73. The minimum Gasteiger partial charge on any atom is -0.507 e. The van der Waals surface area contributed by atoms with Gasteiger partial charge in [0.1, 0.15) is 22.7 Å². The SMILES string of the molecule is COc1cccc(C2(OC(=O)c3ccccc3O)CCCCC2CN(C)C)c1. The van der Waals surface area contributed by atoms with Crippen molar-refractivity contribution >= 4 is 5.97 Å². The number of ether oxygens (including phenoxy) is 2. The van der Waals surface area contributed by atoms with E-state index in [-0.39, 0.29) is 17.2 Å². The Morgan fingerprint density at radius 1 is 1.18 bits per heavy atom. The number of carbonyl (C=O) groups is 1. The van der Waals surface area contributed by atoms with E-state index in [1.165, 1.54) is 6.07 Å². The van der Waals surface area contributed by atoms with Crippen molar-refractivity contribution in [3.63, 3.8) is 0 Å². The first-order valence-corrected chi connectivity index (χ1v) is 9.77. The number of esters is 1. The van der Waals surface area contributed by atoms with Gasteiger partial charge in [-0.3, -0.25) is 0 Å². The van der Waals surface area contributed by atoms with Crippen LogP contribution >= 0.6 is 0 Å². The van der Waals surface area contributed by atoms with Crippen molar-refractivity contribution in [2.45, 2.75) is 31.3 Å². The van der Waals surface area contributed by atoms with Gasteiger partial charge in [-0.05, 0) is 63.2 Å². The molecule has 0 heterocycles. The Hall–Kier alpha value is -2.53. The second kappa shape index (κ2) is 8.65. The molecule has 1 aliphatic rings. The Kier molecular flexibility index (Phi) is 6.25. The molecule has 3 rings (SSSR count). The lowest BCUT2D eigenvalue weighted by molar-refractivity contribution is -0.0827. The van der Waals surface area contributed by atoms with Gasteiger partial charge in [0.25, 0.3) is 0 Å². The minimum atomic E-state index is -0.754. The predicted octanol–water partition coefficient (Wildman–Crippen LogP) is 4.20. The van der Waals surface area contributed by atoms with Crippen molar-refractivity contribution in [3.05, 3.63) is 59.7 Å². The summed E-state index contributed by atoms with van der Waals surface area (Å²) in [6.07, 6.45) is 3.81. The summed E-state index contributed by atoms with van der Waals surface area (Å²) in [4.78, 5) is 15.2. The summed E-state index contributed by atoms with van der Waals surface area (Å²) < 4.78 is 11.7. The lowest BCUT2D eigenvalue weighted by atomic mass is 9.71. The van der Waals surface area contributed by atoms with Crippen LogP contribution in [0.5, 0.6) is 11.5 Å². The molecule has 2 aromatic carbocycles. The van der Waals surface area contributed by atoms with Crippen LogP contribution in [0.25, 0.3) is 0 Å². The van der Waals surface area contributed by atoms with Gasteiger partial charge in [-0.15, -0.1) is 0 Å². The molecule has 2 aromatic rings. The number of carbonyl (C=O) groups excluding carboxylic acids is 1. The van der Waals surface area contributed by atoms with E-state index in [0.717, 1.165) is 43.5 Å². The molecule has 0 spiro atoms. The van der Waals surface area contributed by atoms with Crippen molar-refractivity contribution in [1.82, 2.24) is 4.90 Å². The first-order valence-electron chi connectivity index (χ1n) is 9.77. The molecule has 0 aliphatic heterocycles. The van der Waals surface area contributed by atoms with Crippen molar-refractivity contribution in [1.29, 1.82) is 0 Å². The third-order valence-corrected chi connectivity index (χ3v) is 5.55. The Labute approximate surface area is 166 Å². The molecule has 0 saturated heterocycles. The molecule has 0 amide bonds. The second-order valence-electron chi connectivity index (χ2n) is 7.73. The zero-order chi connectivity index (χ0) is 20.1. The molecule has 5 nitrogen and oxygen atoms in total. The quantitative estimate of drug-likeness (QED) is 0.758. The zero-order valence-electron chi connectivity index (χ0n) is 16.9. The maximum atomic E-state index is 13.1. The van der Waals surface area contributed by atoms with E-state index < -0.39 is 11.6 Å². The Morgan fingerprint density at radius 2 is 1.96 bits per heavy atom. The summed E-state index contributed by atoms with van der Waals surface area (Å²) in [5.41, 5.74) is 0.386. The first kappa shape index (κ1) is 20.2. The summed E-state index contributed by atoms with van der Waals surface area (Å²) >= 11 is 0. The third-order valence-electron chi connectivity index (χ3n) is 5.55. The normalized spacial score (nSPS) is 22.1. The summed E-state index contributed by atoms with van der Waals surface area (Å²) in [6.45, 7) is 0.811. The van der Waals surface area contributed by atoms with Crippen LogP contribution < -0.4 is 4.74 Å². The predicted molar refractivity (Wildman–Crippen MR) is 109 cm³/mol. The van der Waals surface area contributed by atoms with E-state index in [2.05, 4.69) is 4.90 Å². The topological polar surface area (TPSA) is 59.0 Å². The number of nitrogens with zero attached hydrogens (tertiary/aromatic N) is 1. The molecule has 2 atom stereocenters. The average molecular weight is 383 g/mol. The highest BCUT2D eigenvalue weighted by Gasteiger charge is 2.46. The summed E-state index contributed by atoms with van der Waals surface area (Å²) in [5, 5.41) is 10.1. The summed E-state index contributed by atoms with van der Waals surface area (Å²) in [5.74, 6) is 0.336. The van der Waals surface area contributed by atoms with E-state index in [1.54, 1.807) is 25.3 Å². The van der Waals surface area contributed by atoms with Gasteiger partial charge < -0.3 is 19.5 Å². The Bertz CT molecular complexity index is 820. The van der Waals surface area contributed by atoms with E-state index in [4.69, 9.17) is 9.47 Å². The Balaban J connectivity index is 2.05. The lowest BCUT2D eigenvalue weighted by Crippen LogP contribution is -2.46. The maximum absolute atomic E-state index is 13.1. The van der Waals surface area contributed by atoms with Crippen LogP contribution in [0.3, 0.4) is 0 Å². The minimum absolute atomic E-state index is 0.0618. The number of methoxy groups -OCH3 is 1. The highest BCUT2D eigenvalue weighted by atomic mass is 16.6. The van der Waals surface area contributed by atoms with Gasteiger partial charge in [0.15, 0.2) is 0 Å². The van der Waals surface area contributed by atoms with Gasteiger partial charge in [-0.1, -0.05) is 30.7 Å². The van der Waals surface area contributed by atoms with Gasteiger partial charge >= 0.3 is 5.97 Å². The number of aromatic hydroxyl groups is 1. The van der Waals surface area contributed by atoms with E-state index >= 15 is 0 Å². The molecule has 0 bridgehead atoms. The molecule has 0 radical (unpaired) electrons. The van der Waals surface area contributed by atoms with E-state index in [0.29, 0.717) is 0 Å². The van der Waals surface area contributed by atoms with Crippen LogP contribution in [0.15, 0.2) is 48.5 Å². The number of para-hydroxylation sites is 1. The standard InChI is InChI=1S/C23H29NO4/c1-24(2)16-18-9-6-7-14-23(18,17-10-8-11-19(15-17)27-3)28-22(26)20-12-4-5-13-21(20)25/h4-5,8,10-13,15,18,25H,6-7,9,14,16H2,1-3H3. The monoisotopic (exact) mass is 383 g/mol.